The second-order valence-electron chi connectivity index (χ2n) is 7.88. The number of esters is 1. The van der Waals surface area contributed by atoms with Gasteiger partial charge >= 0.3 is 5.97 Å². The predicted molar refractivity (Wildman–Crippen MR) is 127 cm³/mol. The molecule has 2 N–H and O–H groups in total. The lowest BCUT2D eigenvalue weighted by Gasteiger charge is -2.11. The Balaban J connectivity index is 1.43. The maximum absolute atomic E-state index is 12.9. The van der Waals surface area contributed by atoms with Crippen molar-refractivity contribution in [2.75, 3.05) is 17.2 Å². The molecular weight excluding hydrogens is 468 g/mol. The molecule has 1 unspecified atom stereocenters. The number of thiophene rings is 1. The number of nitrogens with one attached hydrogen (secondary N) is 2. The minimum Gasteiger partial charge on any atom is -0.462 e. The minimum atomic E-state index is -0.452. The summed E-state index contributed by atoms with van der Waals surface area (Å²) in [5, 5.41) is 14.4. The number of rotatable bonds is 8. The van der Waals surface area contributed by atoms with Crippen molar-refractivity contribution in [2.45, 2.75) is 68.4 Å². The van der Waals surface area contributed by atoms with Crippen LogP contribution >= 0.6 is 34.4 Å². The Kier molecular flexibility index (Phi) is 7.47. The molecule has 0 aromatic carbocycles. The van der Waals surface area contributed by atoms with Crippen LogP contribution in [0.2, 0.25) is 0 Å². The van der Waals surface area contributed by atoms with Gasteiger partial charge in [0.05, 0.1) is 17.4 Å². The van der Waals surface area contributed by atoms with E-state index in [1.54, 1.807) is 13.8 Å². The van der Waals surface area contributed by atoms with E-state index in [-0.39, 0.29) is 23.7 Å². The van der Waals surface area contributed by atoms with Crippen LogP contribution in [0.5, 0.6) is 0 Å². The van der Waals surface area contributed by atoms with E-state index in [9.17, 15) is 14.4 Å². The molecule has 1 fully saturated rings. The Morgan fingerprint density at radius 3 is 2.66 bits per heavy atom. The van der Waals surface area contributed by atoms with Crippen LogP contribution < -0.4 is 10.6 Å². The third-order valence-electron chi connectivity index (χ3n) is 5.37. The summed E-state index contributed by atoms with van der Waals surface area (Å²) < 4.78 is 5.89. The summed E-state index contributed by atoms with van der Waals surface area (Å²) in [5.74, 6) is -0.514. The number of carbonyl (C=O) groups is 3. The lowest BCUT2D eigenvalue weighted by molar-refractivity contribution is -0.117. The molecule has 2 heterocycles. The number of aromatic nitrogens is 2. The number of thioether (sulfide) groups is 1. The topological polar surface area (TPSA) is 110 Å². The highest BCUT2D eigenvalue weighted by Crippen LogP contribution is 2.39. The molecule has 2 aromatic heterocycles. The highest BCUT2D eigenvalue weighted by Gasteiger charge is 2.31. The van der Waals surface area contributed by atoms with Gasteiger partial charge in [-0.05, 0) is 57.9 Å². The number of nitrogens with zero attached hydrogens (tertiary/aromatic N) is 2. The van der Waals surface area contributed by atoms with Crippen molar-refractivity contribution in [3.63, 3.8) is 0 Å². The Bertz CT molecular complexity index is 1010. The lowest BCUT2D eigenvalue weighted by Crippen LogP contribution is -2.23. The lowest BCUT2D eigenvalue weighted by atomic mass is 10.1. The number of anilines is 2. The summed E-state index contributed by atoms with van der Waals surface area (Å²) in [7, 11) is 0. The highest BCUT2D eigenvalue weighted by molar-refractivity contribution is 8.02. The van der Waals surface area contributed by atoms with E-state index in [1.807, 2.05) is 0 Å². The molecule has 0 spiro atoms. The first-order chi connectivity index (χ1) is 15.5. The predicted octanol–water partition coefficient (Wildman–Crippen LogP) is 4.51. The second kappa shape index (κ2) is 10.3. The average molecular weight is 495 g/mol. The normalized spacial score (nSPS) is 16.6. The first-order valence-electron chi connectivity index (χ1n) is 10.9. The molecule has 4 rings (SSSR count). The van der Waals surface area contributed by atoms with Gasteiger partial charge in [-0.3, -0.25) is 9.59 Å². The average Bonchev–Trinajstić information content (AvgIpc) is 3.49. The summed E-state index contributed by atoms with van der Waals surface area (Å²) in [6.07, 6.45) is 6.86. The fourth-order valence-electron chi connectivity index (χ4n) is 3.53. The fourth-order valence-corrected chi connectivity index (χ4v) is 6.71. The van der Waals surface area contributed by atoms with Crippen LogP contribution in [0.15, 0.2) is 4.34 Å². The van der Waals surface area contributed by atoms with Gasteiger partial charge in [-0.25, -0.2) is 4.79 Å². The van der Waals surface area contributed by atoms with Crippen LogP contribution in [0.4, 0.5) is 10.1 Å². The van der Waals surface area contributed by atoms with Gasteiger partial charge in [-0.15, -0.1) is 21.5 Å². The van der Waals surface area contributed by atoms with Gasteiger partial charge in [0.1, 0.15) is 5.00 Å². The molecule has 2 aliphatic carbocycles. The van der Waals surface area contributed by atoms with E-state index in [0.717, 1.165) is 50.5 Å². The molecule has 2 aromatic rings. The highest BCUT2D eigenvalue weighted by atomic mass is 32.2. The zero-order valence-electron chi connectivity index (χ0n) is 18.1. The Morgan fingerprint density at radius 2 is 1.91 bits per heavy atom. The van der Waals surface area contributed by atoms with Gasteiger partial charge in [0.15, 0.2) is 4.34 Å². The van der Waals surface area contributed by atoms with Crippen molar-refractivity contribution >= 4 is 62.4 Å². The van der Waals surface area contributed by atoms with Gasteiger partial charge in [-0.1, -0.05) is 29.5 Å². The summed E-state index contributed by atoms with van der Waals surface area (Å²) >= 11 is 4.02. The van der Waals surface area contributed by atoms with Crippen molar-refractivity contribution in [1.82, 2.24) is 10.2 Å². The van der Waals surface area contributed by atoms with Crippen LogP contribution in [0.3, 0.4) is 0 Å². The number of hydrogen-bond acceptors (Lipinski definition) is 9. The molecule has 0 aliphatic heterocycles. The molecule has 0 saturated heterocycles. The maximum atomic E-state index is 12.9. The zero-order valence-corrected chi connectivity index (χ0v) is 20.5. The Morgan fingerprint density at radius 1 is 1.12 bits per heavy atom. The van der Waals surface area contributed by atoms with Crippen LogP contribution in [-0.2, 0) is 27.2 Å². The number of ether oxygens (including phenoxy) is 1. The minimum absolute atomic E-state index is 0.0209. The molecule has 0 radical (unpaired) electrons. The van der Waals surface area contributed by atoms with Gasteiger partial charge in [0.25, 0.3) is 0 Å². The van der Waals surface area contributed by atoms with E-state index < -0.39 is 5.25 Å². The van der Waals surface area contributed by atoms with Crippen LogP contribution in [0.25, 0.3) is 0 Å². The molecule has 1 saturated carbocycles. The Labute approximate surface area is 198 Å². The van der Waals surface area contributed by atoms with E-state index >= 15 is 0 Å². The number of carbonyl (C=O) groups excluding carboxylic acids is 3. The standard InChI is InChI=1S/C21H26N4O4S3/c1-3-29-19(28)15-13-7-5-4-6-8-14(13)31-18(15)22-16(26)11(2)30-21-25-24-20(32-21)23-17(27)12-9-10-12/h11-12H,3-10H2,1-2H3,(H,22,26)(H,23,24,27). The van der Waals surface area contributed by atoms with Gasteiger partial charge < -0.3 is 15.4 Å². The molecule has 0 bridgehead atoms. The summed E-state index contributed by atoms with van der Waals surface area (Å²) in [6, 6.07) is 0. The largest absolute Gasteiger partial charge is 0.462 e. The van der Waals surface area contributed by atoms with Crippen molar-refractivity contribution in [1.29, 1.82) is 0 Å². The van der Waals surface area contributed by atoms with Gasteiger partial charge in [-0.2, -0.15) is 0 Å². The third-order valence-corrected chi connectivity index (χ3v) is 8.60. The smallest absolute Gasteiger partial charge is 0.341 e. The molecule has 172 valence electrons. The van der Waals surface area contributed by atoms with Crippen LogP contribution in [0.1, 0.15) is 66.8 Å². The maximum Gasteiger partial charge on any atom is 0.341 e. The van der Waals surface area contributed by atoms with E-state index in [4.69, 9.17) is 4.74 Å². The quantitative estimate of drug-likeness (QED) is 0.240. The SMILES string of the molecule is CCOC(=O)c1c(NC(=O)C(C)Sc2nnc(NC(=O)C3CC3)s2)sc2c1CCCCC2. The first kappa shape index (κ1) is 23.2. The Hall–Kier alpha value is -1.98. The third kappa shape index (κ3) is 5.49. The molecule has 2 amide bonds. The summed E-state index contributed by atoms with van der Waals surface area (Å²) in [6.45, 7) is 3.86. The summed E-state index contributed by atoms with van der Waals surface area (Å²) in [5.41, 5.74) is 1.54. The van der Waals surface area contributed by atoms with Crippen LogP contribution in [0, 0.1) is 5.92 Å². The molecule has 8 nitrogen and oxygen atoms in total. The first-order valence-corrected chi connectivity index (χ1v) is 13.4. The monoisotopic (exact) mass is 494 g/mol. The number of hydrogen-bond donors (Lipinski definition) is 2. The number of amides is 2. The molecule has 32 heavy (non-hydrogen) atoms. The second-order valence-corrected chi connectivity index (χ2v) is 11.5. The van der Waals surface area contributed by atoms with Crippen LogP contribution in [-0.4, -0.2) is 39.8 Å². The van der Waals surface area contributed by atoms with E-state index in [2.05, 4.69) is 20.8 Å². The fraction of sp³-hybridized carbons (Fsp3) is 0.571. The zero-order chi connectivity index (χ0) is 22.7. The van der Waals surface area contributed by atoms with Gasteiger partial charge in [0, 0.05) is 10.8 Å². The number of aryl methyl sites for hydroxylation is 1. The van der Waals surface area contributed by atoms with E-state index in [0.29, 0.717) is 26.6 Å². The van der Waals surface area contributed by atoms with Crippen molar-refractivity contribution < 1.29 is 19.1 Å². The van der Waals surface area contributed by atoms with Crippen molar-refractivity contribution in [2.24, 2.45) is 5.92 Å². The molecular formula is C21H26N4O4S3. The van der Waals surface area contributed by atoms with Crippen molar-refractivity contribution in [3.8, 4) is 0 Å². The summed E-state index contributed by atoms with van der Waals surface area (Å²) in [4.78, 5) is 38.6. The molecule has 2 aliphatic rings. The van der Waals surface area contributed by atoms with Gasteiger partial charge in [0.2, 0.25) is 16.9 Å². The molecule has 11 heteroatoms. The van der Waals surface area contributed by atoms with Crippen molar-refractivity contribution in [3.05, 3.63) is 16.0 Å². The number of fused-ring (bicyclic) bond motifs is 1. The molecule has 1 atom stereocenters. The van der Waals surface area contributed by atoms with E-state index in [1.165, 1.54) is 39.3 Å².